The van der Waals surface area contributed by atoms with Crippen LogP contribution in [0.1, 0.15) is 11.3 Å². The van der Waals surface area contributed by atoms with Crippen molar-refractivity contribution in [3.05, 3.63) is 53.9 Å². The van der Waals surface area contributed by atoms with Gasteiger partial charge in [-0.2, -0.15) is 10.1 Å². The van der Waals surface area contributed by atoms with Gasteiger partial charge in [-0.3, -0.25) is 0 Å². The molecule has 1 N–H and O–H groups in total. The van der Waals surface area contributed by atoms with Gasteiger partial charge in [0.25, 0.3) is 0 Å². The van der Waals surface area contributed by atoms with Crippen molar-refractivity contribution in [1.29, 1.82) is 0 Å². The van der Waals surface area contributed by atoms with Gasteiger partial charge in [-0.25, -0.2) is 0 Å². The van der Waals surface area contributed by atoms with Crippen LogP contribution in [0.2, 0.25) is 0 Å². The molecule has 0 aliphatic carbocycles. The average molecular weight is 296 g/mol. The van der Waals surface area contributed by atoms with Crippen molar-refractivity contribution >= 4 is 17.6 Å². The fourth-order valence-electron chi connectivity index (χ4n) is 2.01. The molecule has 0 aliphatic heterocycles. The smallest absolute Gasteiger partial charge is 0.250 e. The van der Waals surface area contributed by atoms with Gasteiger partial charge in [0.1, 0.15) is 5.76 Å². The zero-order valence-corrected chi connectivity index (χ0v) is 12.4. The van der Waals surface area contributed by atoms with Crippen LogP contribution >= 0.6 is 0 Å². The van der Waals surface area contributed by atoms with E-state index >= 15 is 0 Å². The Morgan fingerprint density at radius 3 is 2.77 bits per heavy atom. The summed E-state index contributed by atoms with van der Waals surface area (Å²) in [6.07, 6.45) is 1.63. The summed E-state index contributed by atoms with van der Waals surface area (Å²) in [4.78, 5) is 6.44. The van der Waals surface area contributed by atoms with Crippen LogP contribution in [0.4, 0.5) is 17.6 Å². The third kappa shape index (κ3) is 3.38. The molecule has 0 atom stereocenters. The Hall–Kier alpha value is -2.96. The van der Waals surface area contributed by atoms with E-state index in [1.54, 1.807) is 12.3 Å². The molecule has 1 aromatic carbocycles. The van der Waals surface area contributed by atoms with E-state index in [2.05, 4.69) is 37.8 Å². The zero-order valence-electron chi connectivity index (χ0n) is 12.4. The van der Waals surface area contributed by atoms with Crippen LogP contribution in [0.25, 0.3) is 0 Å². The zero-order chi connectivity index (χ0) is 15.4. The topological polar surface area (TPSA) is 80.0 Å². The van der Waals surface area contributed by atoms with E-state index in [9.17, 15) is 0 Å². The molecular weight excluding hydrogens is 280 g/mol. The quantitative estimate of drug-likeness (QED) is 0.775. The van der Waals surface area contributed by atoms with E-state index < -0.39 is 0 Å². The van der Waals surface area contributed by atoms with Gasteiger partial charge >= 0.3 is 0 Å². The summed E-state index contributed by atoms with van der Waals surface area (Å²) < 4.78 is 4.99. The Balaban J connectivity index is 1.73. The number of benzene rings is 1. The molecule has 7 heteroatoms. The molecule has 0 unspecified atom stereocenters. The minimum Gasteiger partial charge on any atom is -0.360 e. The Morgan fingerprint density at radius 2 is 2.05 bits per heavy atom. The predicted octanol–water partition coefficient (Wildman–Crippen LogP) is 2.55. The van der Waals surface area contributed by atoms with Crippen LogP contribution in [-0.4, -0.2) is 27.4 Å². The van der Waals surface area contributed by atoms with Crippen molar-refractivity contribution in [2.24, 2.45) is 0 Å². The van der Waals surface area contributed by atoms with E-state index in [0.29, 0.717) is 17.5 Å². The monoisotopic (exact) mass is 296 g/mol. The van der Waals surface area contributed by atoms with Crippen molar-refractivity contribution in [2.45, 2.75) is 13.5 Å². The first kappa shape index (κ1) is 14.0. The molecule has 2 heterocycles. The molecule has 2 aromatic heterocycles. The summed E-state index contributed by atoms with van der Waals surface area (Å²) in [5, 5.41) is 14.7. The molecular formula is C15H16N6O. The Kier molecular flexibility index (Phi) is 3.95. The lowest BCUT2D eigenvalue weighted by Gasteiger charge is -2.17. The first-order valence-electron chi connectivity index (χ1n) is 6.86. The molecule has 0 spiro atoms. The normalized spacial score (nSPS) is 10.5. The van der Waals surface area contributed by atoms with E-state index in [4.69, 9.17) is 4.52 Å². The van der Waals surface area contributed by atoms with Crippen LogP contribution in [0.3, 0.4) is 0 Å². The second-order valence-electron chi connectivity index (χ2n) is 4.93. The van der Waals surface area contributed by atoms with Crippen molar-refractivity contribution in [3.8, 4) is 0 Å². The molecule has 0 saturated heterocycles. The van der Waals surface area contributed by atoms with Crippen LogP contribution in [-0.2, 0) is 6.54 Å². The lowest BCUT2D eigenvalue weighted by molar-refractivity contribution is 0.400. The molecule has 22 heavy (non-hydrogen) atoms. The Bertz CT molecular complexity index is 743. The molecule has 0 saturated carbocycles. The molecule has 3 aromatic rings. The van der Waals surface area contributed by atoms with Crippen molar-refractivity contribution in [1.82, 2.24) is 20.3 Å². The third-order valence-electron chi connectivity index (χ3n) is 3.07. The highest BCUT2D eigenvalue weighted by Crippen LogP contribution is 2.16. The van der Waals surface area contributed by atoms with Gasteiger partial charge in [-0.1, -0.05) is 35.5 Å². The summed E-state index contributed by atoms with van der Waals surface area (Å²) in [6.45, 7) is 2.56. The first-order valence-corrected chi connectivity index (χ1v) is 6.86. The van der Waals surface area contributed by atoms with Crippen molar-refractivity contribution in [2.75, 3.05) is 17.3 Å². The van der Waals surface area contributed by atoms with E-state index in [-0.39, 0.29) is 0 Å². The number of nitrogens with one attached hydrogen (secondary N) is 1. The number of nitrogens with zero attached hydrogens (tertiary/aromatic N) is 5. The molecule has 7 nitrogen and oxygen atoms in total. The molecule has 0 radical (unpaired) electrons. The maximum atomic E-state index is 4.99. The van der Waals surface area contributed by atoms with Gasteiger partial charge in [0.15, 0.2) is 11.6 Å². The SMILES string of the molecule is Cc1cc(Nc2nncc(N(C)Cc3ccccc3)n2)no1. The lowest BCUT2D eigenvalue weighted by atomic mass is 10.2. The Labute approximate surface area is 128 Å². The van der Waals surface area contributed by atoms with Gasteiger partial charge in [-0.15, -0.1) is 5.10 Å². The van der Waals surface area contributed by atoms with Gasteiger partial charge in [0.2, 0.25) is 5.95 Å². The van der Waals surface area contributed by atoms with Crippen LogP contribution in [0.5, 0.6) is 0 Å². The molecule has 0 bridgehead atoms. The van der Waals surface area contributed by atoms with E-state index in [0.717, 1.165) is 12.4 Å². The molecule has 0 aliphatic rings. The summed E-state index contributed by atoms with van der Waals surface area (Å²) in [7, 11) is 1.96. The molecule has 3 rings (SSSR count). The number of anilines is 3. The van der Waals surface area contributed by atoms with Crippen molar-refractivity contribution < 1.29 is 4.52 Å². The maximum Gasteiger partial charge on any atom is 0.250 e. The minimum absolute atomic E-state index is 0.380. The number of hydrogen-bond donors (Lipinski definition) is 1. The molecule has 0 fully saturated rings. The van der Waals surface area contributed by atoms with Crippen LogP contribution in [0, 0.1) is 6.92 Å². The van der Waals surface area contributed by atoms with E-state index in [1.165, 1.54) is 5.56 Å². The number of rotatable bonds is 5. The molecule has 0 amide bonds. The first-order chi connectivity index (χ1) is 10.7. The van der Waals surface area contributed by atoms with Crippen molar-refractivity contribution in [3.63, 3.8) is 0 Å². The fourth-order valence-corrected chi connectivity index (χ4v) is 2.01. The standard InChI is InChI=1S/C15H16N6O/c1-11-8-13(20-22-11)17-15-18-14(9-16-19-15)21(2)10-12-6-4-3-5-7-12/h3-9H,10H2,1-2H3,(H,17,18,19,20). The highest BCUT2D eigenvalue weighted by atomic mass is 16.5. The fraction of sp³-hybridized carbons (Fsp3) is 0.200. The number of aromatic nitrogens is 4. The predicted molar refractivity (Wildman–Crippen MR) is 82.9 cm³/mol. The summed E-state index contributed by atoms with van der Waals surface area (Å²) in [5.41, 5.74) is 1.20. The van der Waals surface area contributed by atoms with Gasteiger partial charge in [-0.05, 0) is 12.5 Å². The number of aryl methyl sites for hydroxylation is 1. The summed E-state index contributed by atoms with van der Waals surface area (Å²) >= 11 is 0. The second kappa shape index (κ2) is 6.21. The summed E-state index contributed by atoms with van der Waals surface area (Å²) in [6, 6.07) is 11.9. The third-order valence-corrected chi connectivity index (χ3v) is 3.07. The van der Waals surface area contributed by atoms with Gasteiger partial charge < -0.3 is 14.7 Å². The minimum atomic E-state index is 0.380. The average Bonchev–Trinajstić information content (AvgIpc) is 2.93. The molecule has 112 valence electrons. The highest BCUT2D eigenvalue weighted by molar-refractivity contribution is 5.49. The highest BCUT2D eigenvalue weighted by Gasteiger charge is 2.08. The largest absolute Gasteiger partial charge is 0.360 e. The number of hydrogen-bond acceptors (Lipinski definition) is 7. The van der Waals surface area contributed by atoms with E-state index in [1.807, 2.05) is 37.1 Å². The van der Waals surface area contributed by atoms with Crippen LogP contribution < -0.4 is 10.2 Å². The second-order valence-corrected chi connectivity index (χ2v) is 4.93. The van der Waals surface area contributed by atoms with Crippen LogP contribution in [0.15, 0.2) is 47.1 Å². The Morgan fingerprint density at radius 1 is 1.23 bits per heavy atom. The lowest BCUT2D eigenvalue weighted by Crippen LogP contribution is -2.18. The summed E-state index contributed by atoms with van der Waals surface area (Å²) in [5.74, 6) is 2.38. The van der Waals surface area contributed by atoms with Gasteiger partial charge in [0.05, 0.1) is 6.20 Å². The van der Waals surface area contributed by atoms with Gasteiger partial charge in [0, 0.05) is 19.7 Å². The maximum absolute atomic E-state index is 4.99.